The molecule has 1 atom stereocenters. The predicted octanol–water partition coefficient (Wildman–Crippen LogP) is 1.41. The Balaban J connectivity index is 1.89. The summed E-state index contributed by atoms with van der Waals surface area (Å²) in [6.07, 6.45) is 2.11. The number of aromatic nitrogens is 4. The number of carbonyl (C=O) groups excluding carboxylic acids is 1. The Bertz CT molecular complexity index is 826. The molecule has 0 bridgehead atoms. The van der Waals surface area contributed by atoms with E-state index in [2.05, 4.69) is 20.8 Å². The van der Waals surface area contributed by atoms with Gasteiger partial charge >= 0.3 is 0 Å². The fraction of sp³-hybridized carbons (Fsp3) is 0.333. The molecule has 1 aliphatic heterocycles. The van der Waals surface area contributed by atoms with Gasteiger partial charge in [0, 0.05) is 17.7 Å². The van der Waals surface area contributed by atoms with Gasteiger partial charge < -0.3 is 15.2 Å². The average Bonchev–Trinajstić information content (AvgIpc) is 3.01. The van der Waals surface area contributed by atoms with Crippen LogP contribution in [0.4, 0.5) is 5.95 Å². The third-order valence-corrected chi connectivity index (χ3v) is 4.25. The van der Waals surface area contributed by atoms with Crippen LogP contribution >= 0.6 is 0 Å². The summed E-state index contributed by atoms with van der Waals surface area (Å²) in [5.41, 5.74) is 2.27. The molecule has 2 aliphatic rings. The molecule has 4 rings (SSSR count). The van der Waals surface area contributed by atoms with Crippen molar-refractivity contribution in [3.8, 4) is 11.5 Å². The molecule has 2 heterocycles. The van der Waals surface area contributed by atoms with Gasteiger partial charge in [-0.15, -0.1) is 0 Å². The standard InChI is InChI=1S/C15H15N5O3/c1-23-12-6-5-8(7-11(12)22)14-13-9(3-2-4-10(13)21)16-15-17-18-19-20(14)15/h5-7,14,22H,2-4H2,1H3,(H,16,17,19)/t14-/m1/s1. The first-order valence-corrected chi connectivity index (χ1v) is 7.37. The molecule has 0 saturated carbocycles. The van der Waals surface area contributed by atoms with Crippen LogP contribution in [0.2, 0.25) is 0 Å². The summed E-state index contributed by atoms with van der Waals surface area (Å²) in [6, 6.07) is 4.63. The van der Waals surface area contributed by atoms with E-state index < -0.39 is 6.04 Å². The molecule has 118 valence electrons. The van der Waals surface area contributed by atoms with Gasteiger partial charge in [-0.1, -0.05) is 11.2 Å². The summed E-state index contributed by atoms with van der Waals surface area (Å²) in [5.74, 6) is 0.978. The third-order valence-electron chi connectivity index (χ3n) is 4.25. The second-order valence-electron chi connectivity index (χ2n) is 5.57. The Labute approximate surface area is 131 Å². The molecular weight excluding hydrogens is 298 g/mol. The van der Waals surface area contributed by atoms with Gasteiger partial charge in [-0.25, -0.2) is 0 Å². The van der Waals surface area contributed by atoms with Crippen LogP contribution in [0.25, 0.3) is 0 Å². The van der Waals surface area contributed by atoms with Gasteiger partial charge in [-0.2, -0.15) is 4.68 Å². The van der Waals surface area contributed by atoms with Crippen molar-refractivity contribution in [3.63, 3.8) is 0 Å². The quantitative estimate of drug-likeness (QED) is 0.864. The lowest BCUT2D eigenvalue weighted by Gasteiger charge is -2.31. The van der Waals surface area contributed by atoms with E-state index in [4.69, 9.17) is 4.74 Å². The van der Waals surface area contributed by atoms with Gasteiger partial charge in [0.1, 0.15) is 6.04 Å². The second kappa shape index (κ2) is 5.08. The SMILES string of the molecule is COc1ccc([C@@H]2C3=C(CCCC3=O)Nc3nnnn32)cc1O. The Morgan fingerprint density at radius 3 is 3.04 bits per heavy atom. The number of tetrazole rings is 1. The third kappa shape index (κ3) is 2.06. The molecule has 0 fully saturated rings. The Morgan fingerprint density at radius 1 is 1.39 bits per heavy atom. The monoisotopic (exact) mass is 313 g/mol. The number of benzene rings is 1. The minimum absolute atomic E-state index is 0.0172. The van der Waals surface area contributed by atoms with Crippen molar-refractivity contribution in [2.45, 2.75) is 25.3 Å². The van der Waals surface area contributed by atoms with Gasteiger partial charge in [0.05, 0.1) is 7.11 Å². The van der Waals surface area contributed by atoms with Crippen molar-refractivity contribution in [2.24, 2.45) is 0 Å². The molecule has 1 aliphatic carbocycles. The number of carbonyl (C=O) groups is 1. The number of aromatic hydroxyl groups is 1. The van der Waals surface area contributed by atoms with Crippen molar-refractivity contribution in [1.29, 1.82) is 0 Å². The Hall–Kier alpha value is -2.90. The molecule has 2 N–H and O–H groups in total. The van der Waals surface area contributed by atoms with E-state index in [0.29, 0.717) is 23.7 Å². The maximum atomic E-state index is 12.5. The lowest BCUT2D eigenvalue weighted by Crippen LogP contribution is -2.31. The van der Waals surface area contributed by atoms with Crippen LogP contribution in [0.15, 0.2) is 29.5 Å². The average molecular weight is 313 g/mol. The highest BCUT2D eigenvalue weighted by molar-refractivity contribution is 5.99. The number of nitrogens with zero attached hydrogens (tertiary/aromatic N) is 4. The van der Waals surface area contributed by atoms with E-state index in [0.717, 1.165) is 24.1 Å². The number of methoxy groups -OCH3 is 1. The van der Waals surface area contributed by atoms with Crippen molar-refractivity contribution in [2.75, 3.05) is 12.4 Å². The van der Waals surface area contributed by atoms with Gasteiger partial charge in [0.2, 0.25) is 5.95 Å². The van der Waals surface area contributed by atoms with E-state index in [-0.39, 0.29) is 11.5 Å². The molecule has 1 aromatic heterocycles. The van der Waals surface area contributed by atoms with E-state index in [1.54, 1.807) is 16.8 Å². The van der Waals surface area contributed by atoms with Gasteiger partial charge in [0.25, 0.3) is 0 Å². The van der Waals surface area contributed by atoms with Crippen LogP contribution in [-0.4, -0.2) is 38.2 Å². The van der Waals surface area contributed by atoms with Crippen LogP contribution in [-0.2, 0) is 4.79 Å². The molecule has 0 unspecified atom stereocenters. The zero-order valence-electron chi connectivity index (χ0n) is 12.5. The number of Topliss-reactive ketones (excluding diaryl/α,β-unsaturated/α-hetero) is 1. The molecule has 0 saturated heterocycles. The minimum atomic E-state index is -0.444. The number of ether oxygens (including phenoxy) is 1. The fourth-order valence-corrected chi connectivity index (χ4v) is 3.20. The maximum absolute atomic E-state index is 12.5. The first-order valence-electron chi connectivity index (χ1n) is 7.37. The largest absolute Gasteiger partial charge is 0.504 e. The Morgan fingerprint density at radius 2 is 2.26 bits per heavy atom. The molecule has 1 aromatic carbocycles. The first kappa shape index (κ1) is 13.7. The number of hydrogen-bond donors (Lipinski definition) is 2. The number of hydrogen-bond acceptors (Lipinski definition) is 7. The molecular formula is C15H15N5O3. The highest BCUT2D eigenvalue weighted by Crippen LogP contribution is 2.41. The van der Waals surface area contributed by atoms with E-state index in [1.165, 1.54) is 7.11 Å². The van der Waals surface area contributed by atoms with Crippen LogP contribution in [0.1, 0.15) is 30.9 Å². The van der Waals surface area contributed by atoms with Gasteiger partial charge in [0.15, 0.2) is 17.3 Å². The van der Waals surface area contributed by atoms with Crippen LogP contribution in [0, 0.1) is 0 Å². The number of phenolic OH excluding ortho intramolecular Hbond substituents is 1. The molecule has 0 amide bonds. The van der Waals surface area contributed by atoms with Crippen molar-refractivity contribution < 1.29 is 14.6 Å². The van der Waals surface area contributed by atoms with Crippen molar-refractivity contribution >= 4 is 11.7 Å². The van der Waals surface area contributed by atoms with E-state index in [9.17, 15) is 9.90 Å². The topological polar surface area (TPSA) is 102 Å². The number of phenols is 1. The number of ketones is 1. The molecule has 23 heavy (non-hydrogen) atoms. The zero-order valence-corrected chi connectivity index (χ0v) is 12.5. The number of fused-ring (bicyclic) bond motifs is 1. The summed E-state index contributed by atoms with van der Waals surface area (Å²) in [5, 5.41) is 24.9. The first-order chi connectivity index (χ1) is 11.2. The lowest BCUT2D eigenvalue weighted by atomic mass is 9.85. The molecule has 0 spiro atoms. The number of allylic oxidation sites excluding steroid dienone is 2. The van der Waals surface area contributed by atoms with E-state index in [1.807, 2.05) is 6.07 Å². The summed E-state index contributed by atoms with van der Waals surface area (Å²) >= 11 is 0. The number of nitrogens with one attached hydrogen (secondary N) is 1. The van der Waals surface area contributed by atoms with E-state index >= 15 is 0 Å². The lowest BCUT2D eigenvalue weighted by molar-refractivity contribution is -0.116. The minimum Gasteiger partial charge on any atom is -0.504 e. The normalized spacial score (nSPS) is 19.9. The van der Waals surface area contributed by atoms with Crippen molar-refractivity contribution in [3.05, 3.63) is 35.0 Å². The summed E-state index contributed by atoms with van der Waals surface area (Å²) in [4.78, 5) is 12.5. The number of anilines is 1. The van der Waals surface area contributed by atoms with Crippen molar-refractivity contribution in [1.82, 2.24) is 20.2 Å². The van der Waals surface area contributed by atoms with Gasteiger partial charge in [-0.3, -0.25) is 4.79 Å². The van der Waals surface area contributed by atoms with Crippen LogP contribution in [0.5, 0.6) is 11.5 Å². The van der Waals surface area contributed by atoms with Crippen LogP contribution in [0.3, 0.4) is 0 Å². The molecule has 0 radical (unpaired) electrons. The maximum Gasteiger partial charge on any atom is 0.248 e. The fourth-order valence-electron chi connectivity index (χ4n) is 3.20. The molecule has 8 heteroatoms. The predicted molar refractivity (Wildman–Crippen MR) is 80.1 cm³/mol. The highest BCUT2D eigenvalue weighted by Gasteiger charge is 2.36. The van der Waals surface area contributed by atoms with Crippen LogP contribution < -0.4 is 10.1 Å². The summed E-state index contributed by atoms with van der Waals surface area (Å²) in [6.45, 7) is 0. The summed E-state index contributed by atoms with van der Waals surface area (Å²) in [7, 11) is 1.49. The smallest absolute Gasteiger partial charge is 0.248 e. The molecule has 8 nitrogen and oxygen atoms in total. The number of rotatable bonds is 2. The second-order valence-corrected chi connectivity index (χ2v) is 5.57. The zero-order chi connectivity index (χ0) is 16.0. The Kier molecular flexibility index (Phi) is 3.03. The van der Waals surface area contributed by atoms with Gasteiger partial charge in [-0.05, 0) is 41.0 Å². The summed E-state index contributed by atoms with van der Waals surface area (Å²) < 4.78 is 6.65. The highest BCUT2D eigenvalue weighted by atomic mass is 16.5. The molecule has 2 aromatic rings.